The highest BCUT2D eigenvalue weighted by molar-refractivity contribution is 6.76. The van der Waals surface area contributed by atoms with E-state index in [1.54, 1.807) is 83.1 Å². The minimum Gasteiger partial charge on any atom is -0.475 e. The van der Waals surface area contributed by atoms with Crippen LogP contribution in [0.2, 0.25) is 0 Å². The van der Waals surface area contributed by atoms with Crippen molar-refractivity contribution in [3.05, 3.63) is 0 Å². The smallest absolute Gasteiger partial charge is 0.412 e. The first-order chi connectivity index (χ1) is 23.1. The van der Waals surface area contributed by atoms with Gasteiger partial charge in [-0.1, -0.05) is 69.6 Å². The maximum Gasteiger partial charge on any atom is 0.412 e. The Morgan fingerprint density at radius 3 is 1.19 bits per heavy atom. The maximum atomic E-state index is 12.7. The van der Waals surface area contributed by atoms with Gasteiger partial charge in [-0.2, -0.15) is 0 Å². The fraction of sp³-hybridized carbons (Fsp3) is 0.875. The molecule has 300 valence electrons. The molecule has 0 unspecified atom stereocenters. The molecule has 0 aromatic carbocycles. The summed E-state index contributed by atoms with van der Waals surface area (Å²) in [6, 6.07) is -1.40. The van der Waals surface area contributed by atoms with Crippen LogP contribution < -0.4 is 0 Å². The standard InChI is InChI=1S/2C16H25Cl3N2O5/c2*1-13(2,3)26-12(23)21-9(7-25-14(21,4)5)10(22)15(6)8-24-11(20-15)16(17,18)19/h2*9-10,22H,7-8H2,1-6H3/t2*9-,10+,15+/m00/s1. The highest BCUT2D eigenvalue weighted by Gasteiger charge is 2.57. The van der Waals surface area contributed by atoms with E-state index < -0.39 is 77.8 Å². The number of carbonyl (C=O) groups is 2. The number of hydrogen-bond donors (Lipinski definition) is 2. The zero-order valence-corrected chi connectivity index (χ0v) is 35.9. The fourth-order valence-corrected chi connectivity index (χ4v) is 6.49. The Hall–Kier alpha value is -0.940. The van der Waals surface area contributed by atoms with Gasteiger partial charge in [0.15, 0.2) is 0 Å². The zero-order chi connectivity index (χ0) is 40.3. The minimum atomic E-state index is -1.83. The van der Waals surface area contributed by atoms with E-state index in [4.69, 9.17) is 98.0 Å². The Labute approximate surface area is 335 Å². The zero-order valence-electron chi connectivity index (χ0n) is 31.4. The van der Waals surface area contributed by atoms with Gasteiger partial charge in [-0.15, -0.1) is 0 Å². The first-order valence-corrected chi connectivity index (χ1v) is 18.7. The van der Waals surface area contributed by atoms with Gasteiger partial charge in [0, 0.05) is 0 Å². The number of aliphatic hydroxyl groups excluding tert-OH is 2. The van der Waals surface area contributed by atoms with Crippen LogP contribution in [0.15, 0.2) is 9.98 Å². The molecule has 2 fully saturated rings. The van der Waals surface area contributed by atoms with Gasteiger partial charge >= 0.3 is 12.2 Å². The lowest BCUT2D eigenvalue weighted by Gasteiger charge is -2.39. The second kappa shape index (κ2) is 15.2. The Morgan fingerprint density at radius 2 is 0.962 bits per heavy atom. The van der Waals surface area contributed by atoms with Crippen LogP contribution in [0.5, 0.6) is 0 Å². The second-order valence-corrected chi connectivity index (χ2v) is 20.9. The highest BCUT2D eigenvalue weighted by Crippen LogP contribution is 2.41. The van der Waals surface area contributed by atoms with Crippen LogP contribution >= 0.6 is 69.6 Å². The van der Waals surface area contributed by atoms with Gasteiger partial charge < -0.3 is 38.6 Å². The van der Waals surface area contributed by atoms with E-state index in [0.717, 1.165) is 0 Å². The number of aliphatic imine (C=N–C) groups is 2. The van der Waals surface area contributed by atoms with E-state index in [0.29, 0.717) is 0 Å². The number of amides is 2. The molecule has 0 aromatic heterocycles. The molecule has 2 N–H and O–H groups in total. The van der Waals surface area contributed by atoms with Gasteiger partial charge in [-0.25, -0.2) is 19.6 Å². The number of carbonyl (C=O) groups excluding carboxylic acids is 2. The van der Waals surface area contributed by atoms with Crippen LogP contribution in [0.4, 0.5) is 9.59 Å². The molecular weight excluding hydrogens is 813 g/mol. The summed E-state index contributed by atoms with van der Waals surface area (Å²) in [5.41, 5.74) is -5.49. The molecule has 52 heavy (non-hydrogen) atoms. The van der Waals surface area contributed by atoms with Gasteiger partial charge in [0.25, 0.3) is 7.59 Å². The van der Waals surface area contributed by atoms with Gasteiger partial charge in [-0.05, 0) is 83.1 Å². The molecule has 20 heteroatoms. The van der Waals surface area contributed by atoms with Crippen LogP contribution in [0.3, 0.4) is 0 Å². The molecule has 4 aliphatic heterocycles. The summed E-state index contributed by atoms with van der Waals surface area (Å²) in [5.74, 6) is -0.183. The topological polar surface area (TPSA) is 161 Å². The molecule has 4 rings (SSSR count). The summed E-state index contributed by atoms with van der Waals surface area (Å²) < 4.78 is 29.5. The lowest BCUT2D eigenvalue weighted by atomic mass is 9.90. The lowest BCUT2D eigenvalue weighted by molar-refractivity contribution is -0.0726. The van der Waals surface area contributed by atoms with Crippen LogP contribution in [-0.4, -0.2) is 136 Å². The first kappa shape index (κ1) is 45.4. The summed E-state index contributed by atoms with van der Waals surface area (Å²) in [6.07, 6.45) is -3.42. The number of nitrogens with zero attached hydrogens (tertiary/aromatic N) is 4. The number of alkyl halides is 6. The lowest BCUT2D eigenvalue weighted by Crippen LogP contribution is -2.58. The third-order valence-electron chi connectivity index (χ3n) is 8.42. The molecular formula is C32H50Cl6N4O10. The van der Waals surface area contributed by atoms with E-state index in [-0.39, 0.29) is 38.2 Å². The van der Waals surface area contributed by atoms with Crippen molar-refractivity contribution in [2.75, 3.05) is 26.4 Å². The van der Waals surface area contributed by atoms with E-state index in [2.05, 4.69) is 9.98 Å². The summed E-state index contributed by atoms with van der Waals surface area (Å²) in [7, 11) is 0. The second-order valence-electron chi connectivity index (χ2n) is 16.4. The van der Waals surface area contributed by atoms with Crippen molar-refractivity contribution in [2.24, 2.45) is 9.98 Å². The summed E-state index contributed by atoms with van der Waals surface area (Å²) in [5, 5.41) is 22.0. The summed E-state index contributed by atoms with van der Waals surface area (Å²) in [6.45, 7) is 21.1. The minimum absolute atomic E-state index is 0.0104. The molecule has 0 aliphatic carbocycles. The molecule has 14 nitrogen and oxygen atoms in total. The molecule has 4 heterocycles. The van der Waals surface area contributed by atoms with Crippen LogP contribution in [0, 0.1) is 0 Å². The Kier molecular flexibility index (Phi) is 13.3. The van der Waals surface area contributed by atoms with Crippen molar-refractivity contribution in [1.29, 1.82) is 0 Å². The number of halogens is 6. The van der Waals surface area contributed by atoms with Gasteiger partial charge in [0.1, 0.15) is 59.2 Å². The third kappa shape index (κ3) is 10.7. The van der Waals surface area contributed by atoms with Crippen molar-refractivity contribution < 1.29 is 48.2 Å². The van der Waals surface area contributed by atoms with Crippen molar-refractivity contribution in [3.8, 4) is 0 Å². The number of aliphatic hydroxyl groups is 2. The van der Waals surface area contributed by atoms with E-state index >= 15 is 0 Å². The summed E-state index contributed by atoms with van der Waals surface area (Å²) >= 11 is 34.9. The van der Waals surface area contributed by atoms with E-state index in [1.807, 2.05) is 0 Å². The molecule has 6 atom stereocenters. The maximum absolute atomic E-state index is 12.7. The normalized spacial score (nSPS) is 30.0. The monoisotopic (exact) mass is 860 g/mol. The van der Waals surface area contributed by atoms with Crippen molar-refractivity contribution in [3.63, 3.8) is 0 Å². The quantitative estimate of drug-likeness (QED) is 0.297. The SMILES string of the molecule is CC(C)(C)OC(=O)N1[C@H]([C@@H](O)[C@@]2(C)COC(C(Cl)(Cl)Cl)=N2)COC1(C)C.CC(C)(C)OC(=O)N1[C@H]([C@@H](O)[C@@]2(C)COC(C(Cl)(Cl)Cl)=N2)COC1(C)C. The fourth-order valence-electron chi connectivity index (χ4n) is 5.91. The van der Waals surface area contributed by atoms with E-state index in [1.165, 1.54) is 9.80 Å². The molecule has 4 aliphatic rings. The van der Waals surface area contributed by atoms with Crippen LogP contribution in [0.1, 0.15) is 83.1 Å². The Balaban J connectivity index is 0.000000280. The van der Waals surface area contributed by atoms with Crippen LogP contribution in [0.25, 0.3) is 0 Å². The van der Waals surface area contributed by atoms with Gasteiger partial charge in [0.2, 0.25) is 11.8 Å². The molecule has 2 amide bonds. The van der Waals surface area contributed by atoms with Gasteiger partial charge in [0.05, 0.1) is 25.3 Å². The Morgan fingerprint density at radius 1 is 0.673 bits per heavy atom. The third-order valence-corrected chi connectivity index (χ3v) is 9.39. The number of ether oxygens (including phenoxy) is 6. The van der Waals surface area contributed by atoms with Crippen molar-refractivity contribution in [2.45, 2.75) is 149 Å². The average Bonchev–Trinajstić information content (AvgIpc) is 3.69. The molecule has 0 radical (unpaired) electrons. The number of rotatable bonds is 4. The van der Waals surface area contributed by atoms with Crippen LogP contribution in [-0.2, 0) is 28.4 Å². The van der Waals surface area contributed by atoms with Crippen molar-refractivity contribution in [1.82, 2.24) is 9.80 Å². The highest BCUT2D eigenvalue weighted by atomic mass is 35.6. The number of hydrogen-bond acceptors (Lipinski definition) is 12. The predicted octanol–water partition coefficient (Wildman–Crippen LogP) is 6.55. The van der Waals surface area contributed by atoms with E-state index in [9.17, 15) is 19.8 Å². The largest absolute Gasteiger partial charge is 0.475 e. The average molecular weight is 863 g/mol. The van der Waals surface area contributed by atoms with Crippen molar-refractivity contribution >= 4 is 93.6 Å². The van der Waals surface area contributed by atoms with Gasteiger partial charge in [-0.3, -0.25) is 9.80 Å². The molecule has 2 saturated heterocycles. The molecule has 0 saturated carbocycles. The first-order valence-electron chi connectivity index (χ1n) is 16.4. The Bertz CT molecular complexity index is 1300. The predicted molar refractivity (Wildman–Crippen MR) is 200 cm³/mol. The summed E-state index contributed by atoms with van der Waals surface area (Å²) in [4.78, 5) is 36.7. The molecule has 0 aromatic rings. The molecule has 0 bridgehead atoms. The molecule has 0 spiro atoms.